The SMILES string of the molecule is CCOc1cc(F)c(Cn2nc(-c3ncc(OC[C@H](C)N)c(Nc4ccnc(C)n4)n3)c3ccccc32)c(F)c1. The van der Waals surface area contributed by atoms with Gasteiger partial charge in [0.25, 0.3) is 0 Å². The van der Waals surface area contributed by atoms with E-state index in [1.54, 1.807) is 26.1 Å². The van der Waals surface area contributed by atoms with Crippen molar-refractivity contribution in [1.82, 2.24) is 29.7 Å². The third-order valence-corrected chi connectivity index (χ3v) is 5.88. The summed E-state index contributed by atoms with van der Waals surface area (Å²) in [5, 5.41) is 8.54. The lowest BCUT2D eigenvalue weighted by molar-refractivity contribution is 0.295. The van der Waals surface area contributed by atoms with Crippen LogP contribution in [0.25, 0.3) is 22.4 Å². The molecule has 0 spiro atoms. The Bertz CT molecular complexity index is 1630. The first-order chi connectivity index (χ1) is 19.3. The second-order valence-electron chi connectivity index (χ2n) is 9.13. The number of hydrogen-bond donors (Lipinski definition) is 2. The van der Waals surface area contributed by atoms with Crippen LogP contribution in [0.2, 0.25) is 0 Å². The quantitative estimate of drug-likeness (QED) is 0.254. The molecule has 3 N–H and O–H groups in total. The molecule has 1 atom stereocenters. The summed E-state index contributed by atoms with van der Waals surface area (Å²) in [7, 11) is 0. The average Bonchev–Trinajstić information content (AvgIpc) is 3.28. The summed E-state index contributed by atoms with van der Waals surface area (Å²) in [5.41, 5.74) is 6.84. The summed E-state index contributed by atoms with van der Waals surface area (Å²) in [6, 6.07) is 11.2. The van der Waals surface area contributed by atoms with E-state index in [1.165, 1.54) is 23.0 Å². The molecule has 206 valence electrons. The topological polar surface area (TPSA) is 126 Å². The van der Waals surface area contributed by atoms with Gasteiger partial charge in [-0.25, -0.2) is 28.7 Å². The first-order valence-corrected chi connectivity index (χ1v) is 12.7. The number of halogens is 2. The van der Waals surface area contributed by atoms with Crippen molar-refractivity contribution in [2.45, 2.75) is 33.4 Å². The van der Waals surface area contributed by atoms with Crippen molar-refractivity contribution < 1.29 is 18.3 Å². The van der Waals surface area contributed by atoms with Gasteiger partial charge in [0, 0.05) is 35.3 Å². The van der Waals surface area contributed by atoms with E-state index in [4.69, 9.17) is 20.2 Å². The van der Waals surface area contributed by atoms with E-state index in [0.29, 0.717) is 46.4 Å². The molecule has 0 amide bonds. The van der Waals surface area contributed by atoms with Crippen LogP contribution in [-0.2, 0) is 6.54 Å². The van der Waals surface area contributed by atoms with Crippen molar-refractivity contribution in [2.24, 2.45) is 5.73 Å². The molecule has 40 heavy (non-hydrogen) atoms. The van der Waals surface area contributed by atoms with Crippen LogP contribution in [0.4, 0.5) is 20.4 Å². The Morgan fingerprint density at radius 3 is 2.55 bits per heavy atom. The normalized spacial score (nSPS) is 11.9. The first-order valence-electron chi connectivity index (χ1n) is 12.7. The molecule has 10 nitrogen and oxygen atoms in total. The molecular formula is C28H28F2N8O2. The summed E-state index contributed by atoms with van der Waals surface area (Å²) in [4.78, 5) is 17.7. The molecular weight excluding hydrogens is 518 g/mol. The lowest BCUT2D eigenvalue weighted by Gasteiger charge is -2.14. The summed E-state index contributed by atoms with van der Waals surface area (Å²) < 4.78 is 42.4. The molecule has 0 unspecified atom stereocenters. The Morgan fingerprint density at radius 1 is 1.05 bits per heavy atom. The fourth-order valence-electron chi connectivity index (χ4n) is 4.09. The summed E-state index contributed by atoms with van der Waals surface area (Å²) >= 11 is 0. The standard InChI is InChI=1S/C28H28F2N8O2/c1-4-39-18-11-21(29)20(22(30)12-18)14-38-23-8-6-5-7-19(23)26(37-38)28-33-13-24(40-15-16(2)31)27(36-28)35-25-9-10-32-17(3)34-25/h5-13,16H,4,14-15,31H2,1-3H3,(H,32,33,34,35,36)/t16-/m0/s1. The summed E-state index contributed by atoms with van der Waals surface area (Å²) in [6.45, 7) is 5.75. The predicted molar refractivity (Wildman–Crippen MR) is 147 cm³/mol. The van der Waals surface area contributed by atoms with Gasteiger partial charge in [0.15, 0.2) is 17.4 Å². The van der Waals surface area contributed by atoms with E-state index in [1.807, 2.05) is 31.2 Å². The highest BCUT2D eigenvalue weighted by Crippen LogP contribution is 2.31. The molecule has 0 aliphatic rings. The Hall–Kier alpha value is -4.71. The van der Waals surface area contributed by atoms with Gasteiger partial charge < -0.3 is 20.5 Å². The molecule has 12 heteroatoms. The third-order valence-electron chi connectivity index (χ3n) is 5.88. The largest absolute Gasteiger partial charge is 0.494 e. The number of fused-ring (bicyclic) bond motifs is 1. The first kappa shape index (κ1) is 26.9. The van der Waals surface area contributed by atoms with Crippen LogP contribution in [0.1, 0.15) is 25.2 Å². The second-order valence-corrected chi connectivity index (χ2v) is 9.13. The highest BCUT2D eigenvalue weighted by atomic mass is 19.1. The molecule has 2 aromatic carbocycles. The third kappa shape index (κ3) is 5.81. The average molecular weight is 547 g/mol. The van der Waals surface area contributed by atoms with E-state index in [2.05, 4.69) is 25.4 Å². The molecule has 0 aliphatic heterocycles. The molecule has 5 rings (SSSR count). The van der Waals surface area contributed by atoms with Crippen LogP contribution in [-0.4, -0.2) is 49.0 Å². The predicted octanol–water partition coefficient (Wildman–Crippen LogP) is 4.79. The van der Waals surface area contributed by atoms with E-state index in [9.17, 15) is 8.78 Å². The van der Waals surface area contributed by atoms with Crippen molar-refractivity contribution in [2.75, 3.05) is 18.5 Å². The number of rotatable bonds is 10. The van der Waals surface area contributed by atoms with Gasteiger partial charge in [-0.05, 0) is 32.9 Å². The highest BCUT2D eigenvalue weighted by Gasteiger charge is 2.20. The van der Waals surface area contributed by atoms with Gasteiger partial charge in [-0.1, -0.05) is 18.2 Å². The molecule has 0 aliphatic carbocycles. The number of para-hydroxylation sites is 1. The number of nitrogens with two attached hydrogens (primary N) is 1. The Kier molecular flexibility index (Phi) is 7.78. The number of ether oxygens (including phenoxy) is 2. The maximum Gasteiger partial charge on any atom is 0.183 e. The van der Waals surface area contributed by atoms with Gasteiger partial charge in [0.2, 0.25) is 0 Å². The zero-order chi connectivity index (χ0) is 28.2. The second kappa shape index (κ2) is 11.6. The Balaban J connectivity index is 1.56. The number of nitrogens with zero attached hydrogens (tertiary/aromatic N) is 6. The van der Waals surface area contributed by atoms with Gasteiger partial charge in [0.1, 0.15) is 41.3 Å². The van der Waals surface area contributed by atoms with Crippen molar-refractivity contribution in [3.8, 4) is 23.0 Å². The number of nitrogens with one attached hydrogen (secondary N) is 1. The van der Waals surface area contributed by atoms with Crippen molar-refractivity contribution in [3.05, 3.63) is 77.9 Å². The van der Waals surface area contributed by atoms with E-state index in [0.717, 1.165) is 0 Å². The van der Waals surface area contributed by atoms with Crippen LogP contribution in [0.15, 0.2) is 54.9 Å². The van der Waals surface area contributed by atoms with Crippen LogP contribution < -0.4 is 20.5 Å². The number of hydrogen-bond acceptors (Lipinski definition) is 9. The summed E-state index contributed by atoms with van der Waals surface area (Å²) in [6.07, 6.45) is 3.16. The van der Waals surface area contributed by atoms with Gasteiger partial charge in [-0.15, -0.1) is 0 Å². The van der Waals surface area contributed by atoms with Crippen molar-refractivity contribution in [1.29, 1.82) is 0 Å². The Morgan fingerprint density at radius 2 is 1.82 bits per heavy atom. The van der Waals surface area contributed by atoms with Gasteiger partial charge in [-0.3, -0.25) is 4.68 Å². The van der Waals surface area contributed by atoms with Crippen LogP contribution in [0.3, 0.4) is 0 Å². The fraction of sp³-hybridized carbons (Fsp3) is 0.250. The molecule has 5 aromatic rings. The van der Waals surface area contributed by atoms with Crippen LogP contribution in [0.5, 0.6) is 11.5 Å². The molecule has 0 fully saturated rings. The number of anilines is 2. The minimum absolute atomic E-state index is 0.130. The smallest absolute Gasteiger partial charge is 0.183 e. The molecule has 3 heterocycles. The zero-order valence-corrected chi connectivity index (χ0v) is 22.2. The van der Waals surface area contributed by atoms with Crippen LogP contribution in [0, 0.1) is 18.6 Å². The number of benzene rings is 2. The Labute approximate surface area is 229 Å². The molecule has 0 radical (unpaired) electrons. The lowest BCUT2D eigenvalue weighted by atomic mass is 10.1. The molecule has 0 saturated carbocycles. The van der Waals surface area contributed by atoms with E-state index in [-0.39, 0.29) is 36.3 Å². The zero-order valence-electron chi connectivity index (χ0n) is 22.2. The minimum atomic E-state index is -0.719. The fourth-order valence-corrected chi connectivity index (χ4v) is 4.09. The van der Waals surface area contributed by atoms with E-state index >= 15 is 0 Å². The van der Waals surface area contributed by atoms with Gasteiger partial charge in [-0.2, -0.15) is 5.10 Å². The highest BCUT2D eigenvalue weighted by molar-refractivity contribution is 5.92. The minimum Gasteiger partial charge on any atom is -0.494 e. The summed E-state index contributed by atoms with van der Waals surface area (Å²) in [5.74, 6) is 0.794. The van der Waals surface area contributed by atoms with Gasteiger partial charge in [0.05, 0.1) is 24.9 Å². The number of aromatic nitrogens is 6. The maximum atomic E-state index is 14.9. The molecule has 0 saturated heterocycles. The molecule has 0 bridgehead atoms. The maximum absolute atomic E-state index is 14.9. The van der Waals surface area contributed by atoms with Crippen molar-refractivity contribution >= 4 is 22.5 Å². The van der Waals surface area contributed by atoms with Crippen molar-refractivity contribution in [3.63, 3.8) is 0 Å². The molecule has 3 aromatic heterocycles. The van der Waals surface area contributed by atoms with Crippen LogP contribution >= 0.6 is 0 Å². The van der Waals surface area contributed by atoms with E-state index < -0.39 is 11.6 Å². The lowest BCUT2D eigenvalue weighted by Crippen LogP contribution is -2.24. The van der Waals surface area contributed by atoms with Gasteiger partial charge >= 0.3 is 0 Å². The monoisotopic (exact) mass is 546 g/mol. The number of aryl methyl sites for hydroxylation is 1.